The largest absolute Gasteiger partial charge is 0.309 e. The number of fused-ring (bicyclic) bond motifs is 6. The predicted molar refractivity (Wildman–Crippen MR) is 224 cm³/mol. The van der Waals surface area contributed by atoms with Gasteiger partial charge in [-0.05, 0) is 71.8 Å². The summed E-state index contributed by atoms with van der Waals surface area (Å²) in [6.07, 6.45) is 0. The van der Waals surface area contributed by atoms with Crippen molar-refractivity contribution in [3.63, 3.8) is 0 Å². The van der Waals surface area contributed by atoms with Gasteiger partial charge in [-0.3, -0.25) is 0 Å². The first-order valence-corrected chi connectivity index (χ1v) is 18.3. The van der Waals surface area contributed by atoms with Crippen molar-refractivity contribution in [2.75, 3.05) is 0 Å². The van der Waals surface area contributed by atoms with E-state index in [0.29, 0.717) is 0 Å². The van der Waals surface area contributed by atoms with Gasteiger partial charge in [-0.25, -0.2) is 0 Å². The van der Waals surface area contributed by atoms with E-state index in [4.69, 9.17) is 0 Å². The van der Waals surface area contributed by atoms with Gasteiger partial charge in [0.05, 0.1) is 44.5 Å². The highest BCUT2D eigenvalue weighted by Gasteiger charge is 2.23. The van der Waals surface area contributed by atoms with Gasteiger partial charge in [0.25, 0.3) is 0 Å². The number of hydrogen-bond acceptors (Lipinski definition) is 0. The van der Waals surface area contributed by atoms with Gasteiger partial charge in [0.1, 0.15) is 0 Å². The fraction of sp³-hybridized carbons (Fsp3) is 0. The molecule has 0 radical (unpaired) electrons. The van der Waals surface area contributed by atoms with Crippen LogP contribution in [0.5, 0.6) is 0 Å². The average Bonchev–Trinajstić information content (AvgIpc) is 3.87. The zero-order valence-electron chi connectivity index (χ0n) is 28.7. The molecule has 0 unspecified atom stereocenters. The van der Waals surface area contributed by atoms with Crippen molar-refractivity contribution in [1.29, 1.82) is 0 Å². The van der Waals surface area contributed by atoms with Crippen molar-refractivity contribution >= 4 is 76.2 Å². The summed E-state index contributed by atoms with van der Waals surface area (Å²) in [5.41, 5.74) is 13.2. The molecule has 0 spiro atoms. The van der Waals surface area contributed by atoms with Crippen LogP contribution in [0.4, 0.5) is 0 Å². The summed E-state index contributed by atoms with van der Waals surface area (Å²) in [5.74, 6) is 0. The Kier molecular flexibility index (Phi) is 5.77. The van der Waals surface area contributed by atoms with Crippen molar-refractivity contribution in [1.82, 2.24) is 13.7 Å². The van der Waals surface area contributed by atoms with Crippen LogP contribution in [0.2, 0.25) is 0 Å². The minimum atomic E-state index is 1.15. The van der Waals surface area contributed by atoms with Gasteiger partial charge >= 0.3 is 0 Å². The number of rotatable bonds is 4. The Hall–Kier alpha value is -7.10. The van der Waals surface area contributed by atoms with Crippen molar-refractivity contribution < 1.29 is 0 Å². The lowest BCUT2D eigenvalue weighted by molar-refractivity contribution is 1.17. The second kappa shape index (κ2) is 10.7. The predicted octanol–water partition coefficient (Wildman–Crippen LogP) is 13.2. The maximum absolute atomic E-state index is 2.46. The van der Waals surface area contributed by atoms with E-state index in [2.05, 4.69) is 202 Å². The molecule has 0 aliphatic heterocycles. The van der Waals surface area contributed by atoms with Gasteiger partial charge in [-0.15, -0.1) is 0 Å². The molecule has 3 aromatic heterocycles. The highest BCUT2D eigenvalue weighted by Crippen LogP contribution is 2.45. The first-order valence-electron chi connectivity index (χ1n) is 18.3. The molecule has 12 rings (SSSR count). The van der Waals surface area contributed by atoms with E-state index < -0.39 is 0 Å². The second-order valence-electron chi connectivity index (χ2n) is 14.1. The quantitative estimate of drug-likeness (QED) is 0.165. The van der Waals surface area contributed by atoms with E-state index in [1.54, 1.807) is 0 Å². The van der Waals surface area contributed by atoms with Gasteiger partial charge < -0.3 is 13.7 Å². The number of hydrogen-bond donors (Lipinski definition) is 0. The molecule has 3 nitrogen and oxygen atoms in total. The molecule has 0 N–H and O–H groups in total. The molecule has 0 atom stereocenters. The van der Waals surface area contributed by atoms with Gasteiger partial charge in [0, 0.05) is 48.8 Å². The molecule has 0 amide bonds. The summed E-state index contributed by atoms with van der Waals surface area (Å²) in [5, 5.41) is 10.1. The highest BCUT2D eigenvalue weighted by atomic mass is 15.0. The van der Waals surface area contributed by atoms with Gasteiger partial charge in [0.15, 0.2) is 0 Å². The Bertz CT molecular complexity index is 3080. The Labute approximate surface area is 305 Å². The topological polar surface area (TPSA) is 14.8 Å². The zero-order valence-corrected chi connectivity index (χ0v) is 28.7. The van der Waals surface area contributed by atoms with Crippen molar-refractivity contribution in [3.8, 4) is 28.2 Å². The SMILES string of the molecule is c1ccc(-c2ccc(-n3c4ccc(-n5c6ccccc6c6ccccc65)c5ccc6c(-n7c8ccccc8c8ccccc87)ccc3c6c54)cc2)cc1. The van der Waals surface area contributed by atoms with Crippen molar-refractivity contribution in [2.45, 2.75) is 0 Å². The maximum Gasteiger partial charge on any atom is 0.0548 e. The number of aromatic nitrogens is 3. The van der Waals surface area contributed by atoms with E-state index in [1.807, 2.05) is 0 Å². The normalized spacial score (nSPS) is 12.2. The van der Waals surface area contributed by atoms with E-state index >= 15 is 0 Å². The van der Waals surface area contributed by atoms with Crippen LogP contribution in [-0.2, 0) is 0 Å². The lowest BCUT2D eigenvalue weighted by atomic mass is 9.99. The molecule has 3 heterocycles. The maximum atomic E-state index is 2.46. The van der Waals surface area contributed by atoms with Crippen LogP contribution in [0.15, 0.2) is 188 Å². The molecule has 0 saturated carbocycles. The molecular weight excluding hydrogens is 643 g/mol. The lowest BCUT2D eigenvalue weighted by Gasteiger charge is -2.15. The number of nitrogens with zero attached hydrogens (tertiary/aromatic N) is 3. The molecule has 12 aromatic rings. The molecule has 53 heavy (non-hydrogen) atoms. The van der Waals surface area contributed by atoms with Crippen LogP contribution in [0, 0.1) is 0 Å². The summed E-state index contributed by atoms with van der Waals surface area (Å²) in [7, 11) is 0. The third kappa shape index (κ3) is 3.88. The Morgan fingerprint density at radius 3 is 1.04 bits per heavy atom. The monoisotopic (exact) mass is 673 g/mol. The molecule has 0 saturated heterocycles. The van der Waals surface area contributed by atoms with E-state index in [9.17, 15) is 0 Å². The minimum Gasteiger partial charge on any atom is -0.309 e. The summed E-state index contributed by atoms with van der Waals surface area (Å²) < 4.78 is 7.39. The molecule has 0 bridgehead atoms. The van der Waals surface area contributed by atoms with Crippen LogP contribution in [0.3, 0.4) is 0 Å². The van der Waals surface area contributed by atoms with E-state index in [-0.39, 0.29) is 0 Å². The van der Waals surface area contributed by atoms with Crippen LogP contribution >= 0.6 is 0 Å². The van der Waals surface area contributed by atoms with Crippen molar-refractivity contribution in [3.05, 3.63) is 188 Å². The Morgan fingerprint density at radius 1 is 0.226 bits per heavy atom. The zero-order chi connectivity index (χ0) is 34.6. The molecule has 0 aliphatic carbocycles. The number of benzene rings is 9. The lowest BCUT2D eigenvalue weighted by Crippen LogP contribution is -1.97. The molecule has 9 aromatic carbocycles. The summed E-state index contributed by atoms with van der Waals surface area (Å²) >= 11 is 0. The van der Waals surface area contributed by atoms with E-state index in [0.717, 1.165) is 5.69 Å². The third-order valence-corrected chi connectivity index (χ3v) is 11.4. The van der Waals surface area contributed by atoms with Gasteiger partial charge in [0.2, 0.25) is 0 Å². The van der Waals surface area contributed by atoms with Crippen LogP contribution in [0.25, 0.3) is 104 Å². The van der Waals surface area contributed by atoms with Crippen LogP contribution < -0.4 is 0 Å². The Morgan fingerprint density at radius 2 is 0.604 bits per heavy atom. The highest BCUT2D eigenvalue weighted by molar-refractivity contribution is 6.28. The standard InChI is InChI=1S/C50H31N3/c1-2-12-32(13-3-1)33-22-24-34(25-23-33)51-47-30-28-45(52-41-18-8-4-14-35(41)36-15-5-9-19-42(36)52)39-26-27-40-46(29-31-48(51)50(40)49(39)47)53-43-20-10-6-16-37(43)38-17-7-11-21-44(38)53/h1-31H. The average molecular weight is 674 g/mol. The van der Waals surface area contributed by atoms with E-state index in [1.165, 1.54) is 98.7 Å². The van der Waals surface area contributed by atoms with Crippen LogP contribution in [0.1, 0.15) is 0 Å². The third-order valence-electron chi connectivity index (χ3n) is 11.4. The molecular formula is C50H31N3. The second-order valence-corrected chi connectivity index (χ2v) is 14.1. The number of para-hydroxylation sites is 4. The Balaban J connectivity index is 1.20. The summed E-state index contributed by atoms with van der Waals surface area (Å²) in [6.45, 7) is 0. The fourth-order valence-corrected chi connectivity index (χ4v) is 9.19. The molecule has 0 fully saturated rings. The first-order chi connectivity index (χ1) is 26.3. The first kappa shape index (κ1) is 28.6. The minimum absolute atomic E-state index is 1.15. The smallest absolute Gasteiger partial charge is 0.0548 e. The fourth-order valence-electron chi connectivity index (χ4n) is 9.19. The van der Waals surface area contributed by atoms with Crippen molar-refractivity contribution in [2.24, 2.45) is 0 Å². The molecule has 0 aliphatic rings. The van der Waals surface area contributed by atoms with Crippen LogP contribution in [-0.4, -0.2) is 13.7 Å². The molecule has 3 heteroatoms. The molecule has 246 valence electrons. The van der Waals surface area contributed by atoms with Gasteiger partial charge in [-0.2, -0.15) is 0 Å². The summed E-state index contributed by atoms with van der Waals surface area (Å²) in [6, 6.07) is 68.9. The summed E-state index contributed by atoms with van der Waals surface area (Å²) in [4.78, 5) is 0. The van der Waals surface area contributed by atoms with Gasteiger partial charge in [-0.1, -0.05) is 127 Å².